The summed E-state index contributed by atoms with van der Waals surface area (Å²) in [6, 6.07) is -0.833. The second-order valence-electron chi connectivity index (χ2n) is 23.5. The van der Waals surface area contributed by atoms with Crippen LogP contribution in [0.25, 0.3) is 0 Å². The van der Waals surface area contributed by atoms with Crippen molar-refractivity contribution in [1.82, 2.24) is 5.32 Å². The van der Waals surface area contributed by atoms with E-state index in [1.165, 1.54) is 205 Å². The van der Waals surface area contributed by atoms with E-state index >= 15 is 0 Å². The Morgan fingerprint density at radius 3 is 1.35 bits per heavy atom. The van der Waals surface area contributed by atoms with E-state index in [4.69, 9.17) is 14.2 Å². The molecule has 1 aliphatic heterocycles. The van der Waals surface area contributed by atoms with E-state index in [1.54, 1.807) is 6.08 Å². The standard InChI is InChI=1S/C71H127NO10/c1-3-5-7-9-11-13-14-39-43-47-51-55-59-67(76)80-60-56-52-48-44-40-37-35-33-31-29-27-25-23-21-19-17-15-16-18-20-22-24-26-28-30-32-34-36-38-42-46-50-54-58-66(75)72-63(64(74)57-53-49-45-41-12-10-8-6-4-2)62-81-71-70(79)69(78)68(77)65(61-73)82-71/h4,6,11-13,19,21,25,27,41,53,57,63-65,68-71,73-74,77-79H,3,5,7-10,14-18,20,22-24,26,28-40,42-52,54-56,58-62H2,1-2H3,(H,72,75)/b6-4+,13-11-,21-19-,27-25-,41-12+,57-53+. The minimum atomic E-state index is -1.58. The van der Waals surface area contributed by atoms with E-state index in [-0.39, 0.29) is 18.5 Å². The van der Waals surface area contributed by atoms with Crippen molar-refractivity contribution in [2.45, 2.75) is 346 Å². The number of ether oxygens (including phenoxy) is 3. The third-order valence-corrected chi connectivity index (χ3v) is 15.8. The fourth-order valence-corrected chi connectivity index (χ4v) is 10.4. The Hall–Kier alpha value is -2.90. The van der Waals surface area contributed by atoms with E-state index < -0.39 is 49.5 Å². The maximum absolute atomic E-state index is 13.0. The highest BCUT2D eigenvalue weighted by Gasteiger charge is 2.44. The molecule has 476 valence electrons. The lowest BCUT2D eigenvalue weighted by Gasteiger charge is -2.40. The fourth-order valence-electron chi connectivity index (χ4n) is 10.4. The summed E-state index contributed by atoms with van der Waals surface area (Å²) < 4.78 is 16.7. The van der Waals surface area contributed by atoms with Crippen LogP contribution in [0.1, 0.15) is 303 Å². The van der Waals surface area contributed by atoms with Gasteiger partial charge in [-0.15, -0.1) is 0 Å². The molecule has 1 aliphatic rings. The van der Waals surface area contributed by atoms with Gasteiger partial charge in [0.2, 0.25) is 5.91 Å². The number of nitrogens with one attached hydrogen (secondary N) is 1. The first-order chi connectivity index (χ1) is 40.2. The molecule has 0 aromatic heterocycles. The van der Waals surface area contributed by atoms with Crippen molar-refractivity contribution in [3.8, 4) is 0 Å². The summed E-state index contributed by atoms with van der Waals surface area (Å²) in [5.41, 5.74) is 0. The summed E-state index contributed by atoms with van der Waals surface area (Å²) in [6.07, 6.45) is 70.7. The molecule has 0 saturated carbocycles. The highest BCUT2D eigenvalue weighted by atomic mass is 16.7. The van der Waals surface area contributed by atoms with Crippen molar-refractivity contribution in [1.29, 1.82) is 0 Å². The van der Waals surface area contributed by atoms with Crippen LogP contribution >= 0.6 is 0 Å². The first-order valence-corrected chi connectivity index (χ1v) is 34.2. The van der Waals surface area contributed by atoms with Gasteiger partial charge in [-0.1, -0.05) is 253 Å². The third-order valence-electron chi connectivity index (χ3n) is 15.8. The quantitative estimate of drug-likeness (QED) is 0.0195. The molecule has 1 heterocycles. The third kappa shape index (κ3) is 48.3. The van der Waals surface area contributed by atoms with Crippen molar-refractivity contribution < 1.29 is 49.3 Å². The van der Waals surface area contributed by atoms with Gasteiger partial charge in [-0.05, 0) is 110 Å². The molecule has 11 nitrogen and oxygen atoms in total. The Morgan fingerprint density at radius 2 is 0.878 bits per heavy atom. The molecule has 82 heavy (non-hydrogen) atoms. The van der Waals surface area contributed by atoms with E-state index in [0.29, 0.717) is 19.4 Å². The average Bonchev–Trinajstić information content (AvgIpc) is 3.68. The lowest BCUT2D eigenvalue weighted by Crippen LogP contribution is -2.60. The van der Waals surface area contributed by atoms with Gasteiger partial charge in [0.1, 0.15) is 24.4 Å². The molecule has 0 bridgehead atoms. The summed E-state index contributed by atoms with van der Waals surface area (Å²) in [5.74, 6) is -0.202. The molecular weight excluding hydrogens is 1030 g/mol. The van der Waals surface area contributed by atoms with Gasteiger partial charge in [-0.25, -0.2) is 0 Å². The van der Waals surface area contributed by atoms with E-state index in [1.807, 2.05) is 19.1 Å². The first-order valence-electron chi connectivity index (χ1n) is 34.2. The zero-order valence-corrected chi connectivity index (χ0v) is 52.7. The molecule has 0 aliphatic carbocycles. The number of aliphatic hydroxyl groups excluding tert-OH is 5. The molecule has 0 aromatic carbocycles. The number of aliphatic hydroxyl groups is 5. The molecule has 0 spiro atoms. The monoisotopic (exact) mass is 1150 g/mol. The number of hydrogen-bond donors (Lipinski definition) is 6. The zero-order chi connectivity index (χ0) is 59.5. The van der Waals surface area contributed by atoms with Crippen LogP contribution in [-0.2, 0) is 23.8 Å². The Bertz CT molecular complexity index is 1590. The minimum Gasteiger partial charge on any atom is -0.466 e. The molecule has 0 radical (unpaired) electrons. The molecule has 7 unspecified atom stereocenters. The van der Waals surface area contributed by atoms with Crippen LogP contribution in [0, 0.1) is 0 Å². The number of carbonyl (C=O) groups is 2. The van der Waals surface area contributed by atoms with E-state index in [2.05, 4.69) is 66.9 Å². The van der Waals surface area contributed by atoms with Gasteiger partial charge in [-0.3, -0.25) is 9.59 Å². The Morgan fingerprint density at radius 1 is 0.476 bits per heavy atom. The smallest absolute Gasteiger partial charge is 0.305 e. The molecule has 1 saturated heterocycles. The van der Waals surface area contributed by atoms with Crippen molar-refractivity contribution in [3.05, 3.63) is 72.9 Å². The summed E-state index contributed by atoms with van der Waals surface area (Å²) in [4.78, 5) is 25.0. The molecule has 1 amide bonds. The molecule has 1 fully saturated rings. The number of rotatable bonds is 59. The van der Waals surface area contributed by atoms with Crippen LogP contribution in [-0.4, -0.2) is 100 Å². The number of esters is 1. The van der Waals surface area contributed by atoms with Crippen LogP contribution in [0.3, 0.4) is 0 Å². The van der Waals surface area contributed by atoms with Gasteiger partial charge in [0, 0.05) is 12.8 Å². The number of carbonyl (C=O) groups excluding carboxylic acids is 2. The maximum atomic E-state index is 13.0. The van der Waals surface area contributed by atoms with Gasteiger partial charge < -0.3 is 45.1 Å². The molecule has 11 heteroatoms. The number of amides is 1. The number of unbranched alkanes of at least 4 members (excludes halogenated alkanes) is 36. The summed E-state index contributed by atoms with van der Waals surface area (Å²) in [5, 5.41) is 54.2. The second kappa shape index (κ2) is 59.8. The van der Waals surface area contributed by atoms with Gasteiger partial charge in [0.25, 0.3) is 0 Å². The molecule has 1 rings (SSSR count). The van der Waals surface area contributed by atoms with Crippen LogP contribution < -0.4 is 5.32 Å². The molecule has 0 aromatic rings. The van der Waals surface area contributed by atoms with E-state index in [9.17, 15) is 35.1 Å². The zero-order valence-electron chi connectivity index (χ0n) is 52.7. The SMILES string of the molecule is C/C=C/CC/C=C/CC/C=C/C(O)C(COC1OC(CO)C(O)C(O)C1O)NC(=O)CCCCCCCCCCCCCCCCCCC/C=C\C/C=C\CCCCCCCCCCCOC(=O)CCCCCCC/C=C\CCCCC. The largest absolute Gasteiger partial charge is 0.466 e. The van der Waals surface area contributed by atoms with Crippen LogP contribution in [0.15, 0.2) is 72.9 Å². The average molecular weight is 1150 g/mol. The number of hydrogen-bond acceptors (Lipinski definition) is 10. The van der Waals surface area contributed by atoms with Gasteiger partial charge in [0.15, 0.2) is 6.29 Å². The lowest BCUT2D eigenvalue weighted by molar-refractivity contribution is -0.302. The van der Waals surface area contributed by atoms with Crippen molar-refractivity contribution in [2.75, 3.05) is 19.8 Å². The second-order valence-corrected chi connectivity index (χ2v) is 23.5. The highest BCUT2D eigenvalue weighted by Crippen LogP contribution is 2.23. The van der Waals surface area contributed by atoms with E-state index in [0.717, 1.165) is 70.6 Å². The Labute approximate surface area is 502 Å². The molecule has 7 atom stereocenters. The Balaban J connectivity index is 1.93. The maximum Gasteiger partial charge on any atom is 0.305 e. The van der Waals surface area contributed by atoms with Crippen LogP contribution in [0.2, 0.25) is 0 Å². The summed E-state index contributed by atoms with van der Waals surface area (Å²) >= 11 is 0. The fraction of sp³-hybridized carbons (Fsp3) is 0.803. The van der Waals surface area contributed by atoms with Crippen molar-refractivity contribution >= 4 is 11.9 Å². The summed E-state index contributed by atoms with van der Waals surface area (Å²) in [6.45, 7) is 4.07. The van der Waals surface area contributed by atoms with Crippen LogP contribution in [0.5, 0.6) is 0 Å². The lowest BCUT2D eigenvalue weighted by atomic mass is 9.99. The topological polar surface area (TPSA) is 175 Å². The van der Waals surface area contributed by atoms with Crippen molar-refractivity contribution in [3.63, 3.8) is 0 Å². The molecule has 6 N–H and O–H groups in total. The summed E-state index contributed by atoms with van der Waals surface area (Å²) in [7, 11) is 0. The highest BCUT2D eigenvalue weighted by molar-refractivity contribution is 5.76. The van der Waals surface area contributed by atoms with Crippen LogP contribution in [0.4, 0.5) is 0 Å². The Kier molecular flexibility index (Phi) is 56.2. The molecular formula is C71H127NO10. The van der Waals surface area contributed by atoms with Crippen molar-refractivity contribution in [2.24, 2.45) is 0 Å². The first kappa shape index (κ1) is 77.1. The van der Waals surface area contributed by atoms with Gasteiger partial charge >= 0.3 is 5.97 Å². The predicted octanol–water partition coefficient (Wildman–Crippen LogP) is 17.1. The van der Waals surface area contributed by atoms with Gasteiger partial charge in [-0.2, -0.15) is 0 Å². The predicted molar refractivity (Wildman–Crippen MR) is 343 cm³/mol. The minimum absolute atomic E-state index is 0.00426. The number of allylic oxidation sites excluding steroid dienone is 11. The van der Waals surface area contributed by atoms with Gasteiger partial charge in [0.05, 0.1) is 32.0 Å². The normalized spacial score (nSPS) is 18.6.